The highest BCUT2D eigenvalue weighted by molar-refractivity contribution is 5.69. The van der Waals surface area contributed by atoms with E-state index in [-0.39, 0.29) is 0 Å². The van der Waals surface area contributed by atoms with Gasteiger partial charge in [-0.2, -0.15) is 13.2 Å². The third-order valence-electron chi connectivity index (χ3n) is 4.14. The predicted octanol–water partition coefficient (Wildman–Crippen LogP) is 3.23. The summed E-state index contributed by atoms with van der Waals surface area (Å²) in [6.45, 7) is 5.16. The highest BCUT2D eigenvalue weighted by atomic mass is 19.4. The standard InChI is InChI=1S/C14H22F3NO3/c1-12(2,3)21-11(19)18-9-5-4-6-10(18)8-13(20,7-9)14(15,16)17/h9-10,20H,4-8H2,1-3H3. The van der Waals surface area contributed by atoms with Crippen LogP contribution < -0.4 is 0 Å². The van der Waals surface area contributed by atoms with Crippen molar-refractivity contribution in [3.63, 3.8) is 0 Å². The van der Waals surface area contributed by atoms with Crippen LogP contribution in [0, 0.1) is 0 Å². The molecule has 4 nitrogen and oxygen atoms in total. The number of aliphatic hydroxyl groups is 1. The monoisotopic (exact) mass is 309 g/mol. The maximum Gasteiger partial charge on any atom is 0.417 e. The van der Waals surface area contributed by atoms with Crippen LogP contribution in [0.25, 0.3) is 0 Å². The molecule has 2 saturated heterocycles. The molecule has 21 heavy (non-hydrogen) atoms. The molecule has 1 amide bonds. The second-order valence-corrected chi connectivity index (χ2v) is 7.06. The molecule has 1 N–H and O–H groups in total. The van der Waals surface area contributed by atoms with Gasteiger partial charge in [-0.25, -0.2) is 4.79 Å². The number of carbonyl (C=O) groups excluding carboxylic acids is 1. The minimum Gasteiger partial charge on any atom is -0.444 e. The molecule has 0 aromatic heterocycles. The van der Waals surface area contributed by atoms with Gasteiger partial charge < -0.3 is 14.7 Å². The Morgan fingerprint density at radius 1 is 1.19 bits per heavy atom. The fourth-order valence-corrected chi connectivity index (χ4v) is 3.27. The van der Waals surface area contributed by atoms with E-state index in [1.165, 1.54) is 4.90 Å². The van der Waals surface area contributed by atoms with Gasteiger partial charge in [-0.05, 0) is 40.0 Å². The zero-order valence-corrected chi connectivity index (χ0v) is 12.5. The Bertz CT molecular complexity index is 403. The molecular weight excluding hydrogens is 287 g/mol. The lowest BCUT2D eigenvalue weighted by Gasteiger charge is -2.51. The molecule has 2 unspecified atom stereocenters. The van der Waals surface area contributed by atoms with E-state index in [1.807, 2.05) is 0 Å². The van der Waals surface area contributed by atoms with E-state index in [4.69, 9.17) is 4.74 Å². The van der Waals surface area contributed by atoms with Gasteiger partial charge in [0.2, 0.25) is 0 Å². The second-order valence-electron chi connectivity index (χ2n) is 7.06. The van der Waals surface area contributed by atoms with Crippen molar-refractivity contribution in [3.05, 3.63) is 0 Å². The summed E-state index contributed by atoms with van der Waals surface area (Å²) in [6, 6.07) is -1.22. The van der Waals surface area contributed by atoms with Gasteiger partial charge in [-0.15, -0.1) is 0 Å². The van der Waals surface area contributed by atoms with Crippen molar-refractivity contribution in [1.82, 2.24) is 4.90 Å². The van der Waals surface area contributed by atoms with E-state index in [2.05, 4.69) is 0 Å². The molecule has 2 heterocycles. The van der Waals surface area contributed by atoms with Crippen LogP contribution in [0.5, 0.6) is 0 Å². The lowest BCUT2D eigenvalue weighted by Crippen LogP contribution is -2.64. The molecule has 2 bridgehead atoms. The number of rotatable bonds is 0. The van der Waals surface area contributed by atoms with Crippen molar-refractivity contribution in [2.24, 2.45) is 0 Å². The van der Waals surface area contributed by atoms with E-state index in [1.54, 1.807) is 20.8 Å². The largest absolute Gasteiger partial charge is 0.444 e. The van der Waals surface area contributed by atoms with Gasteiger partial charge in [-0.3, -0.25) is 0 Å². The van der Waals surface area contributed by atoms with Crippen LogP contribution in [-0.2, 0) is 4.74 Å². The highest BCUT2D eigenvalue weighted by Crippen LogP contribution is 2.47. The average Bonchev–Trinajstić information content (AvgIpc) is 2.23. The summed E-state index contributed by atoms with van der Waals surface area (Å²) < 4.78 is 44.4. The fourth-order valence-electron chi connectivity index (χ4n) is 3.27. The van der Waals surface area contributed by atoms with Gasteiger partial charge in [0.05, 0.1) is 0 Å². The molecule has 0 aromatic carbocycles. The fraction of sp³-hybridized carbons (Fsp3) is 0.929. The first-order valence-corrected chi connectivity index (χ1v) is 7.23. The summed E-state index contributed by atoms with van der Waals surface area (Å²) in [7, 11) is 0. The van der Waals surface area contributed by atoms with Crippen molar-refractivity contribution in [2.75, 3.05) is 0 Å². The van der Waals surface area contributed by atoms with Crippen molar-refractivity contribution in [3.8, 4) is 0 Å². The summed E-state index contributed by atoms with van der Waals surface area (Å²) in [5.41, 5.74) is -3.38. The second kappa shape index (κ2) is 5.04. The van der Waals surface area contributed by atoms with E-state index in [0.29, 0.717) is 12.8 Å². The van der Waals surface area contributed by atoms with E-state index >= 15 is 0 Å². The van der Waals surface area contributed by atoms with Gasteiger partial charge in [-0.1, -0.05) is 0 Å². The predicted molar refractivity (Wildman–Crippen MR) is 69.7 cm³/mol. The molecule has 2 aliphatic rings. The molecule has 122 valence electrons. The maximum absolute atomic E-state index is 13.0. The zero-order chi connectivity index (χ0) is 16.1. The number of fused-ring (bicyclic) bond motifs is 2. The number of amides is 1. The molecule has 0 aliphatic carbocycles. The van der Waals surface area contributed by atoms with Crippen LogP contribution in [0.4, 0.5) is 18.0 Å². The zero-order valence-electron chi connectivity index (χ0n) is 12.5. The summed E-state index contributed by atoms with van der Waals surface area (Å²) in [6.07, 6.45) is -4.48. The normalized spacial score (nSPS) is 33.8. The minimum absolute atomic E-state index is 0.466. The smallest absolute Gasteiger partial charge is 0.417 e. The van der Waals surface area contributed by atoms with Crippen molar-refractivity contribution in [2.45, 2.75) is 82.3 Å². The summed E-state index contributed by atoms with van der Waals surface area (Å²) in [4.78, 5) is 13.6. The van der Waals surface area contributed by atoms with Gasteiger partial charge in [0.15, 0.2) is 5.60 Å². The maximum atomic E-state index is 13.0. The minimum atomic E-state index is -4.67. The van der Waals surface area contributed by atoms with Crippen LogP contribution in [0.3, 0.4) is 0 Å². The number of hydrogen-bond donors (Lipinski definition) is 1. The first-order valence-electron chi connectivity index (χ1n) is 7.23. The van der Waals surface area contributed by atoms with Crippen LogP contribution in [0.1, 0.15) is 52.9 Å². The molecule has 0 saturated carbocycles. The molecule has 0 aromatic rings. The molecule has 2 rings (SSSR count). The number of nitrogens with zero attached hydrogens (tertiary/aromatic N) is 1. The molecular formula is C14H22F3NO3. The molecule has 0 spiro atoms. The number of hydrogen-bond acceptors (Lipinski definition) is 3. The molecule has 7 heteroatoms. The van der Waals surface area contributed by atoms with Crippen molar-refractivity contribution >= 4 is 6.09 Å². The number of halogens is 3. The van der Waals surface area contributed by atoms with Crippen molar-refractivity contribution in [1.29, 1.82) is 0 Å². The Kier molecular flexibility index (Phi) is 3.93. The Hall–Kier alpha value is -0.980. The molecule has 2 atom stereocenters. The van der Waals surface area contributed by atoms with E-state index < -0.39 is 48.4 Å². The summed E-state index contributed by atoms with van der Waals surface area (Å²) in [5, 5.41) is 9.94. The number of alkyl halides is 3. The number of carbonyl (C=O) groups is 1. The van der Waals surface area contributed by atoms with Gasteiger partial charge in [0.25, 0.3) is 0 Å². The highest BCUT2D eigenvalue weighted by Gasteiger charge is 2.60. The number of ether oxygens (including phenoxy) is 1. The first kappa shape index (κ1) is 16.4. The quantitative estimate of drug-likeness (QED) is 0.747. The topological polar surface area (TPSA) is 49.8 Å². The van der Waals surface area contributed by atoms with Crippen LogP contribution >= 0.6 is 0 Å². The summed E-state index contributed by atoms with van der Waals surface area (Å²) in [5.74, 6) is 0. The van der Waals surface area contributed by atoms with Crippen LogP contribution in [-0.4, -0.2) is 45.6 Å². The lowest BCUT2D eigenvalue weighted by molar-refractivity contribution is -0.284. The van der Waals surface area contributed by atoms with E-state index in [0.717, 1.165) is 6.42 Å². The third-order valence-corrected chi connectivity index (χ3v) is 4.14. The molecule has 0 radical (unpaired) electrons. The first-order chi connectivity index (χ1) is 9.43. The van der Waals surface area contributed by atoms with Crippen molar-refractivity contribution < 1.29 is 27.8 Å². The van der Waals surface area contributed by atoms with Gasteiger partial charge in [0, 0.05) is 24.9 Å². The van der Waals surface area contributed by atoms with E-state index in [9.17, 15) is 23.1 Å². The SMILES string of the molecule is CC(C)(C)OC(=O)N1C2CCCC1CC(O)(C(F)(F)F)C2. The lowest BCUT2D eigenvalue weighted by atomic mass is 9.75. The van der Waals surface area contributed by atoms with Crippen LogP contribution in [0.2, 0.25) is 0 Å². The molecule has 2 aliphatic heterocycles. The Balaban J connectivity index is 2.19. The summed E-state index contributed by atoms with van der Waals surface area (Å²) >= 11 is 0. The average molecular weight is 309 g/mol. The Morgan fingerprint density at radius 2 is 1.67 bits per heavy atom. The van der Waals surface area contributed by atoms with Crippen LogP contribution in [0.15, 0.2) is 0 Å². The molecule has 2 fully saturated rings. The third kappa shape index (κ3) is 3.27. The Labute approximate surface area is 122 Å². The number of piperidine rings is 2. The Morgan fingerprint density at radius 3 is 2.05 bits per heavy atom. The van der Waals surface area contributed by atoms with Gasteiger partial charge >= 0.3 is 12.3 Å². The van der Waals surface area contributed by atoms with Gasteiger partial charge in [0.1, 0.15) is 5.60 Å².